The fraction of sp³-hybridized carbons (Fsp3) is 0.529. The van der Waals surface area contributed by atoms with Gasteiger partial charge < -0.3 is 21.1 Å². The van der Waals surface area contributed by atoms with Crippen LogP contribution >= 0.6 is 0 Å². The van der Waals surface area contributed by atoms with Gasteiger partial charge in [0.1, 0.15) is 5.82 Å². The summed E-state index contributed by atoms with van der Waals surface area (Å²) in [6.45, 7) is 2.91. The van der Waals surface area contributed by atoms with Crippen molar-refractivity contribution in [2.45, 2.75) is 38.7 Å². The highest BCUT2D eigenvalue weighted by Crippen LogP contribution is 2.26. The smallest absolute Gasteiger partial charge is 0.319 e. The normalized spacial score (nSPS) is 20.4. The number of hydrogen-bond donors (Lipinski definition) is 3. The van der Waals surface area contributed by atoms with Crippen molar-refractivity contribution in [3.05, 3.63) is 29.6 Å². The van der Waals surface area contributed by atoms with Gasteiger partial charge in [0.25, 0.3) is 0 Å². The van der Waals surface area contributed by atoms with Crippen LogP contribution in [0.1, 0.15) is 43.0 Å². The van der Waals surface area contributed by atoms with Gasteiger partial charge in [-0.05, 0) is 37.0 Å². The lowest BCUT2D eigenvalue weighted by molar-refractivity contribution is -0.00232. The van der Waals surface area contributed by atoms with Gasteiger partial charge in [-0.1, -0.05) is 19.8 Å². The number of benzene rings is 1. The molecule has 24 heavy (non-hydrogen) atoms. The van der Waals surface area contributed by atoms with Crippen LogP contribution in [-0.4, -0.2) is 31.2 Å². The van der Waals surface area contributed by atoms with E-state index in [0.29, 0.717) is 19.1 Å². The molecule has 4 N–H and O–H groups in total. The van der Waals surface area contributed by atoms with Crippen molar-refractivity contribution in [1.29, 1.82) is 0 Å². The summed E-state index contributed by atoms with van der Waals surface area (Å²) in [6, 6.07) is 3.00. The lowest BCUT2D eigenvalue weighted by atomic mass is 9.88. The number of nitrogens with two attached hydrogens (primary N) is 1. The molecule has 0 aliphatic heterocycles. The number of primary amides is 1. The molecule has 1 fully saturated rings. The second-order valence-electron chi connectivity index (χ2n) is 6.11. The number of amides is 3. The van der Waals surface area contributed by atoms with Gasteiger partial charge >= 0.3 is 6.03 Å². The summed E-state index contributed by atoms with van der Waals surface area (Å²) < 4.78 is 19.4. The molecular formula is C17H24FN3O3. The Balaban J connectivity index is 1.75. The van der Waals surface area contributed by atoms with E-state index in [4.69, 9.17) is 10.5 Å². The first-order chi connectivity index (χ1) is 11.5. The number of anilines is 1. The van der Waals surface area contributed by atoms with Crippen molar-refractivity contribution >= 4 is 17.6 Å². The second-order valence-corrected chi connectivity index (χ2v) is 6.11. The van der Waals surface area contributed by atoms with Gasteiger partial charge in [0.2, 0.25) is 5.91 Å². The van der Waals surface area contributed by atoms with Crippen LogP contribution in [0.25, 0.3) is 0 Å². The highest BCUT2D eigenvalue weighted by atomic mass is 19.1. The fourth-order valence-corrected chi connectivity index (χ4v) is 2.85. The van der Waals surface area contributed by atoms with E-state index >= 15 is 0 Å². The minimum absolute atomic E-state index is 0.0920. The van der Waals surface area contributed by atoms with Gasteiger partial charge in [0.15, 0.2) is 0 Å². The van der Waals surface area contributed by atoms with Gasteiger partial charge in [-0.25, -0.2) is 9.18 Å². The minimum atomic E-state index is -0.687. The maximum absolute atomic E-state index is 13.6. The van der Waals surface area contributed by atoms with E-state index in [1.807, 2.05) is 0 Å². The van der Waals surface area contributed by atoms with Crippen LogP contribution < -0.4 is 16.4 Å². The van der Waals surface area contributed by atoms with Crippen LogP contribution in [0.3, 0.4) is 0 Å². The molecule has 1 aliphatic rings. The van der Waals surface area contributed by atoms with E-state index in [0.717, 1.165) is 12.5 Å². The summed E-state index contributed by atoms with van der Waals surface area (Å²) in [7, 11) is 0. The summed E-state index contributed by atoms with van der Waals surface area (Å²) in [4.78, 5) is 22.9. The molecule has 0 heterocycles. The molecule has 0 spiro atoms. The van der Waals surface area contributed by atoms with Crippen LogP contribution in [0, 0.1) is 11.7 Å². The zero-order valence-electron chi connectivity index (χ0n) is 13.8. The summed E-state index contributed by atoms with van der Waals surface area (Å²) in [6.07, 6.45) is 4.90. The average molecular weight is 337 g/mol. The van der Waals surface area contributed by atoms with E-state index in [1.165, 1.54) is 31.4 Å². The SMILES string of the molecule is C[C@H]1CCCC[C@H]1OCCNC(=O)Nc1cc(C(N)=O)ccc1F. The zero-order chi connectivity index (χ0) is 17.5. The Morgan fingerprint density at radius 3 is 2.79 bits per heavy atom. The largest absolute Gasteiger partial charge is 0.376 e. The van der Waals surface area contributed by atoms with Crippen LogP contribution in [0.5, 0.6) is 0 Å². The van der Waals surface area contributed by atoms with Gasteiger partial charge in [-0.2, -0.15) is 0 Å². The van der Waals surface area contributed by atoms with Crippen molar-refractivity contribution in [3.63, 3.8) is 0 Å². The first-order valence-corrected chi connectivity index (χ1v) is 8.23. The quantitative estimate of drug-likeness (QED) is 0.697. The predicted octanol–water partition coefficient (Wildman–Crippen LogP) is 2.64. The molecule has 1 aromatic rings. The second kappa shape index (κ2) is 8.63. The summed E-state index contributed by atoms with van der Waals surface area (Å²) in [5, 5.41) is 4.97. The molecule has 0 radical (unpaired) electrons. The first-order valence-electron chi connectivity index (χ1n) is 8.23. The van der Waals surface area contributed by atoms with Crippen LogP contribution in [0.4, 0.5) is 14.9 Å². The monoisotopic (exact) mass is 337 g/mol. The highest BCUT2D eigenvalue weighted by Gasteiger charge is 2.21. The molecule has 6 nitrogen and oxygen atoms in total. The Kier molecular flexibility index (Phi) is 6.54. The van der Waals surface area contributed by atoms with Gasteiger partial charge in [-0.3, -0.25) is 4.79 Å². The molecule has 7 heteroatoms. The molecule has 2 rings (SSSR count). The standard InChI is InChI=1S/C17H24FN3O3/c1-11-4-2-3-5-15(11)24-9-8-20-17(23)21-14-10-12(16(19)22)6-7-13(14)18/h6-7,10-11,15H,2-5,8-9H2,1H3,(H2,19,22)(H2,20,21,23)/t11-,15+/m0/s1. The molecule has 0 unspecified atom stereocenters. The number of hydrogen-bond acceptors (Lipinski definition) is 3. The Morgan fingerprint density at radius 1 is 1.33 bits per heavy atom. The lowest BCUT2D eigenvalue weighted by Crippen LogP contribution is -2.34. The molecule has 1 saturated carbocycles. The van der Waals surface area contributed by atoms with Crippen LogP contribution in [0.15, 0.2) is 18.2 Å². The maximum atomic E-state index is 13.6. The molecule has 0 saturated heterocycles. The van der Waals surface area contributed by atoms with Crippen molar-refractivity contribution < 1.29 is 18.7 Å². The van der Waals surface area contributed by atoms with Crippen molar-refractivity contribution in [3.8, 4) is 0 Å². The third-order valence-corrected chi connectivity index (χ3v) is 4.25. The molecule has 1 aliphatic carbocycles. The topological polar surface area (TPSA) is 93.4 Å². The first kappa shape index (κ1) is 18.2. The van der Waals surface area contributed by atoms with E-state index in [1.54, 1.807) is 0 Å². The van der Waals surface area contributed by atoms with E-state index < -0.39 is 17.8 Å². The Bertz CT molecular complexity index is 594. The molecule has 1 aromatic carbocycles. The zero-order valence-corrected chi connectivity index (χ0v) is 13.8. The van der Waals surface area contributed by atoms with Crippen molar-refractivity contribution in [2.75, 3.05) is 18.5 Å². The number of urea groups is 1. The summed E-state index contributed by atoms with van der Waals surface area (Å²) in [5.74, 6) is -0.783. The molecule has 0 aromatic heterocycles. The van der Waals surface area contributed by atoms with E-state index in [2.05, 4.69) is 17.6 Å². The Hall–Kier alpha value is -2.15. The molecule has 2 atom stereocenters. The van der Waals surface area contributed by atoms with Gasteiger partial charge in [0, 0.05) is 12.1 Å². The molecule has 0 bridgehead atoms. The molecule has 132 valence electrons. The summed E-state index contributed by atoms with van der Waals surface area (Å²) >= 11 is 0. The van der Waals surface area contributed by atoms with Crippen LogP contribution in [0.2, 0.25) is 0 Å². The highest BCUT2D eigenvalue weighted by molar-refractivity contribution is 5.96. The third-order valence-electron chi connectivity index (χ3n) is 4.25. The van der Waals surface area contributed by atoms with E-state index in [9.17, 15) is 14.0 Å². The average Bonchev–Trinajstić information content (AvgIpc) is 2.55. The molecular weight excluding hydrogens is 313 g/mol. The minimum Gasteiger partial charge on any atom is -0.376 e. The lowest BCUT2D eigenvalue weighted by Gasteiger charge is -2.28. The number of halogens is 1. The summed E-state index contributed by atoms with van der Waals surface area (Å²) in [5.41, 5.74) is 5.17. The van der Waals surface area contributed by atoms with Gasteiger partial charge in [-0.15, -0.1) is 0 Å². The Labute approximate surface area is 140 Å². The maximum Gasteiger partial charge on any atom is 0.319 e. The van der Waals surface area contributed by atoms with Gasteiger partial charge in [0.05, 0.1) is 18.4 Å². The number of nitrogens with one attached hydrogen (secondary N) is 2. The number of ether oxygens (including phenoxy) is 1. The van der Waals surface area contributed by atoms with Crippen LogP contribution in [-0.2, 0) is 4.74 Å². The third kappa shape index (κ3) is 5.19. The number of rotatable bonds is 6. The van der Waals surface area contributed by atoms with Crippen molar-refractivity contribution in [2.24, 2.45) is 11.7 Å². The number of carbonyl (C=O) groups is 2. The number of carbonyl (C=O) groups excluding carboxylic acids is 2. The predicted molar refractivity (Wildman–Crippen MR) is 89.3 cm³/mol. The van der Waals surface area contributed by atoms with Crippen molar-refractivity contribution in [1.82, 2.24) is 5.32 Å². The molecule has 3 amide bonds. The van der Waals surface area contributed by atoms with E-state index in [-0.39, 0.29) is 17.4 Å². The fourth-order valence-electron chi connectivity index (χ4n) is 2.85. The Morgan fingerprint density at radius 2 is 2.08 bits per heavy atom.